The minimum absolute atomic E-state index is 0.315. The Hall–Kier alpha value is -2.66. The number of aromatic nitrogens is 2. The van der Waals surface area contributed by atoms with Gasteiger partial charge in [-0.05, 0) is 41.5 Å². The summed E-state index contributed by atoms with van der Waals surface area (Å²) in [5.41, 5.74) is 4.49. The smallest absolute Gasteiger partial charge is 0.306 e. The number of hydrogen-bond acceptors (Lipinski definition) is 3. The van der Waals surface area contributed by atoms with Gasteiger partial charge in [-0.2, -0.15) is 0 Å². The Kier molecular flexibility index (Phi) is 3.58. The molecule has 2 heterocycles. The number of carbonyl (C=O) groups is 1. The van der Waals surface area contributed by atoms with Gasteiger partial charge in [-0.3, -0.25) is 4.79 Å². The molecule has 4 rings (SSSR count). The van der Waals surface area contributed by atoms with Crippen LogP contribution in [0.2, 0.25) is 0 Å². The van der Waals surface area contributed by atoms with E-state index in [0.717, 1.165) is 22.2 Å². The number of aliphatic hydroxyl groups is 1. The van der Waals surface area contributed by atoms with Crippen molar-refractivity contribution in [3.8, 4) is 11.1 Å². The zero-order chi connectivity index (χ0) is 16.7. The van der Waals surface area contributed by atoms with Crippen LogP contribution in [0.15, 0.2) is 42.7 Å². The van der Waals surface area contributed by atoms with Gasteiger partial charge in [0, 0.05) is 23.3 Å². The van der Waals surface area contributed by atoms with Crippen LogP contribution in [0.25, 0.3) is 22.2 Å². The second kappa shape index (κ2) is 5.76. The molecule has 2 aromatic heterocycles. The topological polar surface area (TPSA) is 86.2 Å². The maximum absolute atomic E-state index is 10.9. The third-order valence-corrected chi connectivity index (χ3v) is 4.58. The van der Waals surface area contributed by atoms with E-state index in [4.69, 9.17) is 5.11 Å². The standard InChI is InChI=1S/C19H18N2O3/c22-17(8-18(23)24)14-4-2-1-3-13(14)12-7-15-16(11-5-6-11)10-21-19(15)20-9-12/h1-4,7,9-11,17,22H,5-6,8H2,(H,20,21)(H,23,24). The molecule has 1 fully saturated rings. The molecular weight excluding hydrogens is 304 g/mol. The summed E-state index contributed by atoms with van der Waals surface area (Å²) >= 11 is 0. The van der Waals surface area contributed by atoms with Crippen molar-refractivity contribution in [1.29, 1.82) is 0 Å². The molecule has 0 aliphatic heterocycles. The van der Waals surface area contributed by atoms with Crippen molar-refractivity contribution in [2.24, 2.45) is 0 Å². The van der Waals surface area contributed by atoms with Crippen molar-refractivity contribution in [3.63, 3.8) is 0 Å². The first-order chi connectivity index (χ1) is 11.6. The van der Waals surface area contributed by atoms with Gasteiger partial charge in [0.25, 0.3) is 0 Å². The van der Waals surface area contributed by atoms with E-state index in [0.29, 0.717) is 11.5 Å². The fourth-order valence-electron chi connectivity index (χ4n) is 3.23. The van der Waals surface area contributed by atoms with E-state index in [1.165, 1.54) is 18.4 Å². The van der Waals surface area contributed by atoms with Crippen LogP contribution in [0.1, 0.15) is 42.4 Å². The Balaban J connectivity index is 1.79. The van der Waals surface area contributed by atoms with Crippen LogP contribution in [-0.4, -0.2) is 26.2 Å². The maximum atomic E-state index is 10.9. The molecule has 1 aromatic carbocycles. The van der Waals surface area contributed by atoms with Crippen LogP contribution < -0.4 is 0 Å². The predicted molar refractivity (Wildman–Crippen MR) is 90.7 cm³/mol. The molecule has 1 saturated carbocycles. The number of nitrogens with zero attached hydrogens (tertiary/aromatic N) is 1. The molecule has 0 saturated heterocycles. The van der Waals surface area contributed by atoms with Crippen LogP contribution in [-0.2, 0) is 4.79 Å². The summed E-state index contributed by atoms with van der Waals surface area (Å²) in [6, 6.07) is 9.44. The fraction of sp³-hybridized carbons (Fsp3) is 0.263. The first-order valence-electron chi connectivity index (χ1n) is 8.09. The Morgan fingerprint density at radius 2 is 2.12 bits per heavy atom. The van der Waals surface area contributed by atoms with Gasteiger partial charge in [0.15, 0.2) is 0 Å². The number of hydrogen-bond donors (Lipinski definition) is 3. The first-order valence-corrected chi connectivity index (χ1v) is 8.09. The third kappa shape index (κ3) is 2.67. The molecule has 3 N–H and O–H groups in total. The van der Waals surface area contributed by atoms with Crippen molar-refractivity contribution >= 4 is 17.0 Å². The second-order valence-corrected chi connectivity index (χ2v) is 6.34. The highest BCUT2D eigenvalue weighted by Gasteiger charge is 2.26. The van der Waals surface area contributed by atoms with Crippen molar-refractivity contribution < 1.29 is 15.0 Å². The van der Waals surface area contributed by atoms with Crippen LogP contribution in [0.5, 0.6) is 0 Å². The molecular formula is C19H18N2O3. The SMILES string of the molecule is O=C(O)CC(O)c1ccccc1-c1cnc2[nH]cc(C3CC3)c2c1. The summed E-state index contributed by atoms with van der Waals surface area (Å²) in [4.78, 5) is 18.6. The molecule has 1 aliphatic rings. The molecule has 0 spiro atoms. The van der Waals surface area contributed by atoms with E-state index >= 15 is 0 Å². The lowest BCUT2D eigenvalue weighted by Crippen LogP contribution is -2.06. The molecule has 1 unspecified atom stereocenters. The monoisotopic (exact) mass is 322 g/mol. The summed E-state index contributed by atoms with van der Waals surface area (Å²) in [6.07, 6.45) is 4.87. The van der Waals surface area contributed by atoms with E-state index < -0.39 is 12.1 Å². The normalized spacial score (nSPS) is 15.5. The minimum Gasteiger partial charge on any atom is -0.481 e. The van der Waals surface area contributed by atoms with Gasteiger partial charge in [0.05, 0.1) is 12.5 Å². The number of carboxylic acids is 1. The molecule has 0 radical (unpaired) electrons. The van der Waals surface area contributed by atoms with E-state index in [-0.39, 0.29) is 6.42 Å². The lowest BCUT2D eigenvalue weighted by Gasteiger charge is -2.14. The molecule has 24 heavy (non-hydrogen) atoms. The average molecular weight is 322 g/mol. The highest BCUT2D eigenvalue weighted by atomic mass is 16.4. The van der Waals surface area contributed by atoms with Crippen molar-refractivity contribution in [3.05, 3.63) is 53.9 Å². The Bertz CT molecular complexity index is 912. The number of aliphatic hydroxyl groups excluding tert-OH is 1. The van der Waals surface area contributed by atoms with Gasteiger partial charge in [-0.25, -0.2) is 4.98 Å². The summed E-state index contributed by atoms with van der Waals surface area (Å²) in [5, 5.41) is 20.3. The lowest BCUT2D eigenvalue weighted by atomic mass is 9.95. The summed E-state index contributed by atoms with van der Waals surface area (Å²) < 4.78 is 0. The Labute approximate surface area is 139 Å². The van der Waals surface area contributed by atoms with E-state index in [1.54, 1.807) is 12.3 Å². The number of H-pyrrole nitrogens is 1. The fourth-order valence-corrected chi connectivity index (χ4v) is 3.23. The number of aromatic amines is 1. The number of aliphatic carboxylic acids is 1. The first kappa shape index (κ1) is 14.9. The predicted octanol–water partition coefficient (Wildman–Crippen LogP) is 3.62. The number of carboxylic acid groups (broad SMARTS) is 1. The zero-order valence-electron chi connectivity index (χ0n) is 13.1. The van der Waals surface area contributed by atoms with Gasteiger partial charge in [-0.1, -0.05) is 24.3 Å². The maximum Gasteiger partial charge on any atom is 0.306 e. The molecule has 5 nitrogen and oxygen atoms in total. The molecule has 0 bridgehead atoms. The molecule has 0 amide bonds. The van der Waals surface area contributed by atoms with E-state index in [2.05, 4.69) is 16.0 Å². The van der Waals surface area contributed by atoms with Crippen LogP contribution >= 0.6 is 0 Å². The van der Waals surface area contributed by atoms with Gasteiger partial charge in [0.2, 0.25) is 0 Å². The van der Waals surface area contributed by atoms with Gasteiger partial charge >= 0.3 is 5.97 Å². The lowest BCUT2D eigenvalue weighted by molar-refractivity contribution is -0.139. The number of nitrogens with one attached hydrogen (secondary N) is 1. The summed E-state index contributed by atoms with van der Waals surface area (Å²) in [6.45, 7) is 0. The van der Waals surface area contributed by atoms with Gasteiger partial charge in [0.1, 0.15) is 5.65 Å². The van der Waals surface area contributed by atoms with Crippen molar-refractivity contribution in [2.75, 3.05) is 0 Å². The second-order valence-electron chi connectivity index (χ2n) is 6.34. The molecule has 5 heteroatoms. The number of pyridine rings is 1. The third-order valence-electron chi connectivity index (χ3n) is 4.58. The van der Waals surface area contributed by atoms with Crippen molar-refractivity contribution in [2.45, 2.75) is 31.3 Å². The number of rotatable bonds is 5. The number of fused-ring (bicyclic) bond motifs is 1. The molecule has 122 valence electrons. The van der Waals surface area contributed by atoms with Crippen molar-refractivity contribution in [1.82, 2.24) is 9.97 Å². The van der Waals surface area contributed by atoms with Gasteiger partial charge < -0.3 is 15.2 Å². The molecule has 3 aromatic rings. The highest BCUT2D eigenvalue weighted by Crippen LogP contribution is 2.43. The van der Waals surface area contributed by atoms with Crippen LogP contribution in [0, 0.1) is 0 Å². The van der Waals surface area contributed by atoms with E-state index in [9.17, 15) is 9.90 Å². The van der Waals surface area contributed by atoms with Crippen LogP contribution in [0.3, 0.4) is 0 Å². The zero-order valence-corrected chi connectivity index (χ0v) is 13.1. The van der Waals surface area contributed by atoms with Crippen LogP contribution in [0.4, 0.5) is 0 Å². The average Bonchev–Trinajstić information content (AvgIpc) is 3.33. The molecule has 1 atom stereocenters. The number of benzene rings is 1. The summed E-state index contributed by atoms with van der Waals surface area (Å²) in [7, 11) is 0. The minimum atomic E-state index is -1.04. The highest BCUT2D eigenvalue weighted by molar-refractivity contribution is 5.86. The molecule has 1 aliphatic carbocycles. The Morgan fingerprint density at radius 1 is 1.33 bits per heavy atom. The largest absolute Gasteiger partial charge is 0.481 e. The van der Waals surface area contributed by atoms with Gasteiger partial charge in [-0.15, -0.1) is 0 Å². The summed E-state index contributed by atoms with van der Waals surface area (Å²) in [5.74, 6) is -0.406. The quantitative estimate of drug-likeness (QED) is 0.669. The van der Waals surface area contributed by atoms with E-state index in [1.807, 2.05) is 24.4 Å². The Morgan fingerprint density at radius 3 is 2.88 bits per heavy atom.